The lowest BCUT2D eigenvalue weighted by Crippen LogP contribution is -2.41. The number of halogens is 1. The lowest BCUT2D eigenvalue weighted by Gasteiger charge is -2.19. The molecule has 0 bridgehead atoms. The maximum Gasteiger partial charge on any atom is 0.417 e. The fraction of sp³-hybridized carbons (Fsp3) is 0.312. The lowest BCUT2D eigenvalue weighted by molar-refractivity contribution is -0.128. The van der Waals surface area contributed by atoms with Gasteiger partial charge in [-0.2, -0.15) is 0 Å². The van der Waals surface area contributed by atoms with Crippen LogP contribution in [0.5, 0.6) is 0 Å². The highest BCUT2D eigenvalue weighted by atomic mass is 35.5. The van der Waals surface area contributed by atoms with Gasteiger partial charge >= 0.3 is 6.09 Å². The van der Waals surface area contributed by atoms with Crippen LogP contribution >= 0.6 is 11.6 Å². The molecule has 2 heterocycles. The first-order valence-electron chi connectivity index (χ1n) is 7.26. The van der Waals surface area contributed by atoms with E-state index in [0.29, 0.717) is 24.5 Å². The number of imide groups is 1. The topological polar surface area (TPSA) is 66.9 Å². The van der Waals surface area contributed by atoms with E-state index in [4.69, 9.17) is 16.3 Å². The Hall–Kier alpha value is -2.34. The number of cyclic esters (lactones) is 1. The Kier molecular flexibility index (Phi) is 4.34. The summed E-state index contributed by atoms with van der Waals surface area (Å²) in [5.74, 6) is -0.492. The molecule has 0 aliphatic carbocycles. The Bertz CT molecular complexity index is 655. The Balaban J connectivity index is 1.60. The van der Waals surface area contributed by atoms with Crippen LogP contribution in [0.25, 0.3) is 6.08 Å². The van der Waals surface area contributed by atoms with Crippen molar-refractivity contribution in [2.75, 3.05) is 19.7 Å². The molecule has 2 fully saturated rings. The van der Waals surface area contributed by atoms with E-state index < -0.39 is 6.09 Å². The highest BCUT2D eigenvalue weighted by Crippen LogP contribution is 2.20. The molecule has 0 radical (unpaired) electrons. The van der Waals surface area contributed by atoms with Crippen molar-refractivity contribution in [2.24, 2.45) is 0 Å². The summed E-state index contributed by atoms with van der Waals surface area (Å²) >= 11 is 5.81. The zero-order valence-electron chi connectivity index (χ0n) is 12.3. The van der Waals surface area contributed by atoms with Crippen molar-refractivity contribution in [1.29, 1.82) is 0 Å². The SMILES string of the molecule is O=C(C=Cc1ccc(Cl)cc1)N1CCC(N2C(=O)COC2=O)C1. The van der Waals surface area contributed by atoms with Gasteiger partial charge in [-0.05, 0) is 30.2 Å². The molecule has 3 amide bonds. The number of rotatable bonds is 3. The van der Waals surface area contributed by atoms with Crippen molar-refractivity contribution in [3.8, 4) is 0 Å². The number of hydrogen-bond donors (Lipinski definition) is 0. The van der Waals surface area contributed by atoms with Gasteiger partial charge in [0, 0.05) is 24.2 Å². The zero-order chi connectivity index (χ0) is 16.4. The molecular weight excluding hydrogens is 320 g/mol. The van der Waals surface area contributed by atoms with Crippen LogP contribution in [0.3, 0.4) is 0 Å². The second kappa shape index (κ2) is 6.42. The Morgan fingerprint density at radius 3 is 2.65 bits per heavy atom. The van der Waals surface area contributed by atoms with Crippen LogP contribution in [0, 0.1) is 0 Å². The largest absolute Gasteiger partial charge is 0.439 e. The molecule has 23 heavy (non-hydrogen) atoms. The van der Waals surface area contributed by atoms with Crippen molar-refractivity contribution in [3.63, 3.8) is 0 Å². The molecule has 2 saturated heterocycles. The van der Waals surface area contributed by atoms with Gasteiger partial charge in [-0.15, -0.1) is 0 Å². The molecule has 0 aromatic heterocycles. The minimum Gasteiger partial charge on any atom is -0.439 e. The molecule has 2 aliphatic rings. The number of carbonyl (C=O) groups is 3. The molecule has 1 atom stereocenters. The van der Waals surface area contributed by atoms with E-state index in [9.17, 15) is 14.4 Å². The molecule has 0 N–H and O–H groups in total. The van der Waals surface area contributed by atoms with E-state index in [1.165, 1.54) is 6.08 Å². The van der Waals surface area contributed by atoms with Gasteiger partial charge in [0.05, 0.1) is 6.04 Å². The summed E-state index contributed by atoms with van der Waals surface area (Å²) < 4.78 is 4.71. The molecule has 1 unspecified atom stereocenters. The number of benzene rings is 1. The van der Waals surface area contributed by atoms with Gasteiger partial charge in [-0.1, -0.05) is 23.7 Å². The van der Waals surface area contributed by atoms with Gasteiger partial charge in [-0.25, -0.2) is 9.69 Å². The second-order valence-corrected chi connectivity index (χ2v) is 5.87. The average molecular weight is 335 g/mol. The van der Waals surface area contributed by atoms with Crippen LogP contribution in [-0.2, 0) is 14.3 Å². The molecule has 0 saturated carbocycles. The molecule has 7 heteroatoms. The van der Waals surface area contributed by atoms with Crippen LogP contribution < -0.4 is 0 Å². The molecule has 6 nitrogen and oxygen atoms in total. The summed E-state index contributed by atoms with van der Waals surface area (Å²) in [6.07, 6.45) is 3.14. The van der Waals surface area contributed by atoms with Crippen molar-refractivity contribution in [2.45, 2.75) is 12.5 Å². The number of amides is 3. The number of likely N-dealkylation sites (tertiary alicyclic amines) is 1. The fourth-order valence-corrected chi connectivity index (χ4v) is 2.84. The highest BCUT2D eigenvalue weighted by molar-refractivity contribution is 6.30. The lowest BCUT2D eigenvalue weighted by atomic mass is 10.2. The first-order valence-corrected chi connectivity index (χ1v) is 7.64. The van der Waals surface area contributed by atoms with Gasteiger partial charge in [0.25, 0.3) is 5.91 Å². The first kappa shape index (κ1) is 15.6. The third-order valence-corrected chi connectivity index (χ3v) is 4.17. The number of ether oxygens (including phenoxy) is 1. The summed E-state index contributed by atoms with van der Waals surface area (Å²) in [7, 11) is 0. The van der Waals surface area contributed by atoms with E-state index in [-0.39, 0.29) is 24.5 Å². The van der Waals surface area contributed by atoms with Crippen LogP contribution in [-0.4, -0.2) is 53.4 Å². The second-order valence-electron chi connectivity index (χ2n) is 5.43. The maximum atomic E-state index is 12.2. The van der Waals surface area contributed by atoms with E-state index in [1.807, 2.05) is 12.1 Å². The monoisotopic (exact) mass is 334 g/mol. The summed E-state index contributed by atoms with van der Waals surface area (Å²) in [5, 5.41) is 0.637. The highest BCUT2D eigenvalue weighted by Gasteiger charge is 2.40. The molecule has 1 aromatic rings. The quantitative estimate of drug-likeness (QED) is 0.792. The minimum absolute atomic E-state index is 0.150. The molecule has 2 aliphatic heterocycles. The number of nitrogens with zero attached hydrogens (tertiary/aromatic N) is 2. The normalized spacial score (nSPS) is 21.3. The van der Waals surface area contributed by atoms with Gasteiger partial charge in [0.2, 0.25) is 5.91 Å². The zero-order valence-corrected chi connectivity index (χ0v) is 13.0. The molecule has 120 valence electrons. The predicted octanol–water partition coefficient (Wildman–Crippen LogP) is 1.93. The van der Waals surface area contributed by atoms with Crippen LogP contribution in [0.2, 0.25) is 5.02 Å². The van der Waals surface area contributed by atoms with Gasteiger partial charge in [0.15, 0.2) is 6.61 Å². The van der Waals surface area contributed by atoms with E-state index in [0.717, 1.165) is 10.5 Å². The first-order chi connectivity index (χ1) is 11.0. The standard InChI is InChI=1S/C16H15ClN2O4/c17-12-4-1-11(2-5-12)3-6-14(20)18-8-7-13(9-18)19-15(21)10-23-16(19)22/h1-6,13H,7-10H2. The maximum absolute atomic E-state index is 12.2. The van der Waals surface area contributed by atoms with Crippen LogP contribution in [0.4, 0.5) is 4.79 Å². The number of hydrogen-bond acceptors (Lipinski definition) is 4. The van der Waals surface area contributed by atoms with Crippen molar-refractivity contribution in [3.05, 3.63) is 40.9 Å². The van der Waals surface area contributed by atoms with Crippen LogP contribution in [0.15, 0.2) is 30.3 Å². The van der Waals surface area contributed by atoms with E-state index >= 15 is 0 Å². The summed E-state index contributed by atoms with van der Waals surface area (Å²) in [5.41, 5.74) is 0.872. The minimum atomic E-state index is -0.619. The fourth-order valence-electron chi connectivity index (χ4n) is 2.72. The van der Waals surface area contributed by atoms with Crippen LogP contribution in [0.1, 0.15) is 12.0 Å². The van der Waals surface area contributed by atoms with Crippen molar-refractivity contribution >= 4 is 35.6 Å². The molecule has 0 spiro atoms. The smallest absolute Gasteiger partial charge is 0.417 e. The van der Waals surface area contributed by atoms with Gasteiger partial charge in [-0.3, -0.25) is 9.59 Å². The van der Waals surface area contributed by atoms with Crippen molar-refractivity contribution < 1.29 is 19.1 Å². The number of carbonyl (C=O) groups excluding carboxylic acids is 3. The predicted molar refractivity (Wildman–Crippen MR) is 83.7 cm³/mol. The van der Waals surface area contributed by atoms with Gasteiger partial charge in [0.1, 0.15) is 0 Å². The third kappa shape index (κ3) is 3.37. The Labute approximate surface area is 138 Å². The Morgan fingerprint density at radius 2 is 2.00 bits per heavy atom. The molecule has 1 aromatic carbocycles. The summed E-state index contributed by atoms with van der Waals surface area (Å²) in [6, 6.07) is 6.84. The molecule has 3 rings (SSSR count). The Morgan fingerprint density at radius 1 is 1.26 bits per heavy atom. The van der Waals surface area contributed by atoms with E-state index in [1.54, 1.807) is 23.1 Å². The molecular formula is C16H15ClN2O4. The summed E-state index contributed by atoms with van der Waals surface area (Å²) in [6.45, 7) is 0.635. The third-order valence-electron chi connectivity index (χ3n) is 3.91. The van der Waals surface area contributed by atoms with Crippen molar-refractivity contribution in [1.82, 2.24) is 9.80 Å². The van der Waals surface area contributed by atoms with E-state index in [2.05, 4.69) is 0 Å². The summed E-state index contributed by atoms with van der Waals surface area (Å²) in [4.78, 5) is 38.1. The average Bonchev–Trinajstić information content (AvgIpc) is 3.13. The van der Waals surface area contributed by atoms with Gasteiger partial charge < -0.3 is 9.64 Å².